The summed E-state index contributed by atoms with van der Waals surface area (Å²) in [7, 11) is 0. The van der Waals surface area contributed by atoms with Crippen molar-refractivity contribution >= 4 is 55.2 Å². The van der Waals surface area contributed by atoms with Crippen LogP contribution < -0.4 is 0 Å². The molecule has 1 heterocycles. The van der Waals surface area contributed by atoms with Gasteiger partial charge in [-0.15, -0.1) is 11.3 Å². The highest BCUT2D eigenvalue weighted by Gasteiger charge is 2.05. The van der Waals surface area contributed by atoms with Crippen LogP contribution in [-0.4, -0.2) is 6.29 Å². The Morgan fingerprint density at radius 2 is 2.15 bits per heavy atom. The van der Waals surface area contributed by atoms with Crippen LogP contribution in [-0.2, 0) is 0 Å². The quantitative estimate of drug-likeness (QED) is 0.715. The van der Waals surface area contributed by atoms with Crippen LogP contribution in [0.3, 0.4) is 0 Å². The minimum absolute atomic E-state index is 0.682. The molecule has 2 aromatic rings. The molecule has 13 heavy (non-hydrogen) atoms. The molecule has 0 saturated carbocycles. The Labute approximate surface area is 92.5 Å². The van der Waals surface area contributed by atoms with Crippen LogP contribution in [0, 0.1) is 0 Å². The molecule has 1 aromatic heterocycles. The van der Waals surface area contributed by atoms with Crippen molar-refractivity contribution in [3.8, 4) is 0 Å². The fourth-order valence-electron chi connectivity index (χ4n) is 1.20. The lowest BCUT2D eigenvalue weighted by Crippen LogP contribution is -1.78. The Bertz CT molecular complexity index is 478. The fourth-order valence-corrected chi connectivity index (χ4v) is 2.88. The van der Waals surface area contributed by atoms with E-state index >= 15 is 0 Å². The number of thiophene rings is 1. The van der Waals surface area contributed by atoms with Gasteiger partial charge >= 0.3 is 0 Å². The van der Waals surface area contributed by atoms with Gasteiger partial charge in [-0.05, 0) is 23.6 Å². The van der Waals surface area contributed by atoms with Crippen LogP contribution in [0.25, 0.3) is 10.1 Å². The molecular weight excluding hydrogens is 272 g/mol. The first-order valence-electron chi connectivity index (χ1n) is 3.54. The predicted molar refractivity (Wildman–Crippen MR) is 59.9 cm³/mol. The van der Waals surface area contributed by atoms with E-state index in [1.54, 1.807) is 6.07 Å². The summed E-state index contributed by atoms with van der Waals surface area (Å²) >= 11 is 10.6. The molecule has 0 radical (unpaired) electrons. The van der Waals surface area contributed by atoms with Gasteiger partial charge in [0.15, 0.2) is 6.29 Å². The molecule has 0 saturated heterocycles. The van der Waals surface area contributed by atoms with Gasteiger partial charge in [-0.1, -0.05) is 27.5 Å². The maximum atomic E-state index is 10.7. The van der Waals surface area contributed by atoms with Gasteiger partial charge < -0.3 is 0 Å². The summed E-state index contributed by atoms with van der Waals surface area (Å²) in [4.78, 5) is 10.7. The van der Waals surface area contributed by atoms with Gasteiger partial charge in [0, 0.05) is 14.7 Å². The van der Waals surface area contributed by atoms with Crippen LogP contribution >= 0.6 is 38.9 Å². The number of hydrogen-bond acceptors (Lipinski definition) is 2. The minimum atomic E-state index is 0.682. The third-order valence-corrected chi connectivity index (χ3v) is 3.49. The zero-order chi connectivity index (χ0) is 9.42. The highest BCUT2D eigenvalue weighted by molar-refractivity contribution is 9.10. The van der Waals surface area contributed by atoms with E-state index in [9.17, 15) is 4.79 Å². The van der Waals surface area contributed by atoms with Crippen molar-refractivity contribution in [1.82, 2.24) is 0 Å². The lowest BCUT2D eigenvalue weighted by atomic mass is 10.2. The molecule has 0 bridgehead atoms. The van der Waals surface area contributed by atoms with Gasteiger partial charge in [0.05, 0.1) is 4.34 Å². The van der Waals surface area contributed by atoms with Gasteiger partial charge in [0.2, 0.25) is 0 Å². The number of benzene rings is 1. The largest absolute Gasteiger partial charge is 0.298 e. The van der Waals surface area contributed by atoms with Gasteiger partial charge in [0.1, 0.15) is 0 Å². The summed E-state index contributed by atoms with van der Waals surface area (Å²) in [5, 5.41) is 1.01. The third kappa shape index (κ3) is 1.64. The minimum Gasteiger partial charge on any atom is -0.298 e. The van der Waals surface area contributed by atoms with Gasteiger partial charge in [0.25, 0.3) is 0 Å². The van der Waals surface area contributed by atoms with Crippen molar-refractivity contribution in [3.05, 3.63) is 32.6 Å². The van der Waals surface area contributed by atoms with Crippen LogP contribution in [0.4, 0.5) is 0 Å². The molecule has 0 aliphatic heterocycles. The predicted octanol–water partition coefficient (Wildman–Crippen LogP) is 4.13. The average molecular weight is 276 g/mol. The standard InChI is InChI=1S/C9H4BrClOS/c10-7-1-5-3-8(11)13-9(5)6(2-7)4-12/h1-4H. The Hall–Kier alpha value is -0.380. The topological polar surface area (TPSA) is 17.1 Å². The second-order valence-corrected chi connectivity index (χ2v) is 5.18. The second kappa shape index (κ2) is 3.40. The summed E-state index contributed by atoms with van der Waals surface area (Å²) in [6.07, 6.45) is 0.847. The first-order chi connectivity index (χ1) is 6.20. The Kier molecular flexibility index (Phi) is 2.41. The Balaban J connectivity index is 2.88. The van der Waals surface area contributed by atoms with Gasteiger partial charge in [-0.3, -0.25) is 4.79 Å². The van der Waals surface area contributed by atoms with Crippen molar-refractivity contribution in [2.45, 2.75) is 0 Å². The molecule has 1 aromatic carbocycles. The number of rotatable bonds is 1. The summed E-state index contributed by atoms with van der Waals surface area (Å²) in [6.45, 7) is 0. The smallest absolute Gasteiger partial charge is 0.151 e. The average Bonchev–Trinajstić information content (AvgIpc) is 2.43. The molecule has 0 aliphatic carbocycles. The lowest BCUT2D eigenvalue weighted by molar-refractivity contribution is 0.112. The molecule has 0 unspecified atom stereocenters. The van der Waals surface area contributed by atoms with E-state index in [-0.39, 0.29) is 0 Å². The van der Waals surface area contributed by atoms with Crippen molar-refractivity contribution in [2.75, 3.05) is 0 Å². The van der Waals surface area contributed by atoms with Crippen LogP contribution in [0.1, 0.15) is 10.4 Å². The number of hydrogen-bond donors (Lipinski definition) is 0. The molecular formula is C9H4BrClOS. The summed E-state index contributed by atoms with van der Waals surface area (Å²) < 4.78 is 2.55. The van der Waals surface area contributed by atoms with E-state index < -0.39 is 0 Å². The molecule has 2 rings (SSSR count). The fraction of sp³-hybridized carbons (Fsp3) is 0. The Morgan fingerprint density at radius 1 is 1.38 bits per heavy atom. The maximum Gasteiger partial charge on any atom is 0.151 e. The van der Waals surface area contributed by atoms with E-state index in [2.05, 4.69) is 15.9 Å². The van der Waals surface area contributed by atoms with Crippen molar-refractivity contribution in [3.63, 3.8) is 0 Å². The number of aldehydes is 1. The van der Waals surface area contributed by atoms with Crippen LogP contribution in [0.2, 0.25) is 4.34 Å². The molecule has 0 aliphatic rings. The van der Waals surface area contributed by atoms with E-state index in [1.807, 2.05) is 12.1 Å². The van der Waals surface area contributed by atoms with Crippen molar-refractivity contribution in [2.24, 2.45) is 0 Å². The Morgan fingerprint density at radius 3 is 2.85 bits per heavy atom. The third-order valence-electron chi connectivity index (χ3n) is 1.71. The van der Waals surface area contributed by atoms with Gasteiger partial charge in [-0.2, -0.15) is 0 Å². The maximum absolute atomic E-state index is 10.7. The first-order valence-corrected chi connectivity index (χ1v) is 5.53. The van der Waals surface area contributed by atoms with Crippen molar-refractivity contribution in [1.29, 1.82) is 0 Å². The molecule has 0 amide bonds. The second-order valence-electron chi connectivity index (χ2n) is 2.58. The SMILES string of the molecule is O=Cc1cc(Br)cc2cc(Cl)sc12. The monoisotopic (exact) mass is 274 g/mol. The zero-order valence-corrected chi connectivity index (χ0v) is 9.54. The molecule has 0 spiro atoms. The molecule has 1 nitrogen and oxygen atoms in total. The molecule has 0 fully saturated rings. The zero-order valence-electron chi connectivity index (χ0n) is 6.38. The van der Waals surface area contributed by atoms with E-state index in [0.29, 0.717) is 9.90 Å². The first kappa shape index (κ1) is 9.19. The van der Waals surface area contributed by atoms with E-state index in [1.165, 1.54) is 11.3 Å². The number of carbonyl (C=O) groups is 1. The summed E-state index contributed by atoms with van der Waals surface area (Å²) in [5.74, 6) is 0. The normalized spacial score (nSPS) is 10.6. The lowest BCUT2D eigenvalue weighted by Gasteiger charge is -1.94. The van der Waals surface area contributed by atoms with E-state index in [0.717, 1.165) is 20.8 Å². The molecule has 0 atom stereocenters. The molecule has 0 N–H and O–H groups in total. The van der Waals surface area contributed by atoms with Crippen LogP contribution in [0.5, 0.6) is 0 Å². The van der Waals surface area contributed by atoms with Gasteiger partial charge in [-0.25, -0.2) is 0 Å². The summed E-state index contributed by atoms with van der Waals surface area (Å²) in [5.41, 5.74) is 0.682. The molecule has 66 valence electrons. The van der Waals surface area contributed by atoms with E-state index in [4.69, 9.17) is 11.6 Å². The number of fused-ring (bicyclic) bond motifs is 1. The highest BCUT2D eigenvalue weighted by Crippen LogP contribution is 2.33. The summed E-state index contributed by atoms with van der Waals surface area (Å²) in [6, 6.07) is 5.60. The van der Waals surface area contributed by atoms with Crippen LogP contribution in [0.15, 0.2) is 22.7 Å². The number of halogens is 2. The highest BCUT2D eigenvalue weighted by atomic mass is 79.9. The van der Waals surface area contributed by atoms with Crippen molar-refractivity contribution < 1.29 is 4.79 Å². The number of carbonyl (C=O) groups excluding carboxylic acids is 1. The molecule has 4 heteroatoms.